The average Bonchev–Trinajstić information content (AvgIpc) is 3.07. The second-order valence-electron chi connectivity index (χ2n) is 6.05. The highest BCUT2D eigenvalue weighted by Crippen LogP contribution is 2.32. The lowest BCUT2D eigenvalue weighted by molar-refractivity contribution is -0.143. The number of hydrogen-bond donors (Lipinski definition) is 0. The minimum Gasteiger partial charge on any atom is -0.380 e. The molecule has 0 unspecified atom stereocenters. The van der Waals surface area contributed by atoms with Crippen LogP contribution in [0.2, 0.25) is 0 Å². The molecule has 0 aromatic heterocycles. The Labute approximate surface area is 125 Å². The minimum atomic E-state index is -4.26. The summed E-state index contributed by atoms with van der Waals surface area (Å²) in [5.41, 5.74) is 0. The predicted octanol–water partition coefficient (Wildman–Crippen LogP) is 0.674. The van der Waals surface area contributed by atoms with Crippen molar-refractivity contribution < 1.29 is 27.5 Å². The highest BCUT2D eigenvalue weighted by Gasteiger charge is 2.53. The topological polar surface area (TPSA) is 53.1 Å². The number of halogens is 3. The number of carbonyl (C=O) groups is 2. The van der Waals surface area contributed by atoms with Gasteiger partial charge < -0.3 is 9.64 Å². The van der Waals surface area contributed by atoms with E-state index in [2.05, 4.69) is 0 Å². The van der Waals surface area contributed by atoms with Gasteiger partial charge in [0, 0.05) is 33.2 Å². The van der Waals surface area contributed by atoms with E-state index in [0.29, 0.717) is 19.4 Å². The molecule has 0 spiro atoms. The molecule has 3 aliphatic heterocycles. The second-order valence-corrected chi connectivity index (χ2v) is 6.05. The van der Waals surface area contributed by atoms with Gasteiger partial charge in [0.25, 0.3) is 5.91 Å². The van der Waals surface area contributed by atoms with Gasteiger partial charge in [0.05, 0.1) is 18.7 Å². The quantitative estimate of drug-likeness (QED) is 0.717. The van der Waals surface area contributed by atoms with Crippen LogP contribution >= 0.6 is 0 Å². The molecule has 0 aliphatic carbocycles. The Hall–Kier alpha value is -1.35. The molecule has 3 amide bonds. The van der Waals surface area contributed by atoms with Crippen LogP contribution in [0.5, 0.6) is 0 Å². The lowest BCUT2D eigenvalue weighted by atomic mass is 10.1. The van der Waals surface area contributed by atoms with E-state index in [-0.39, 0.29) is 25.1 Å². The van der Waals surface area contributed by atoms with Crippen molar-refractivity contribution >= 4 is 11.9 Å². The van der Waals surface area contributed by atoms with Crippen LogP contribution in [0, 0.1) is 0 Å². The molecule has 0 saturated carbocycles. The van der Waals surface area contributed by atoms with Gasteiger partial charge in [-0.1, -0.05) is 0 Å². The summed E-state index contributed by atoms with van der Waals surface area (Å²) in [6, 6.07) is -1.38. The Morgan fingerprint density at radius 1 is 1.27 bits per heavy atom. The molecule has 22 heavy (non-hydrogen) atoms. The van der Waals surface area contributed by atoms with E-state index in [1.54, 1.807) is 0 Å². The molecular weight excluding hydrogens is 303 g/mol. The maximum absolute atomic E-state index is 12.4. The molecule has 3 atom stereocenters. The molecule has 0 aromatic carbocycles. The number of nitrogens with zero attached hydrogens (tertiary/aromatic N) is 3. The number of fused-ring (bicyclic) bond motifs is 1. The van der Waals surface area contributed by atoms with Crippen LogP contribution in [0.1, 0.15) is 12.8 Å². The molecule has 6 nitrogen and oxygen atoms in total. The van der Waals surface area contributed by atoms with Crippen molar-refractivity contribution in [1.29, 1.82) is 0 Å². The molecule has 3 saturated heterocycles. The van der Waals surface area contributed by atoms with Crippen molar-refractivity contribution in [1.82, 2.24) is 14.7 Å². The van der Waals surface area contributed by atoms with E-state index in [9.17, 15) is 22.8 Å². The number of ether oxygens (including phenoxy) is 1. The molecule has 3 fully saturated rings. The van der Waals surface area contributed by atoms with Gasteiger partial charge in [0.2, 0.25) is 0 Å². The molecule has 0 aromatic rings. The van der Waals surface area contributed by atoms with Crippen molar-refractivity contribution in [3.63, 3.8) is 0 Å². The van der Waals surface area contributed by atoms with E-state index >= 15 is 0 Å². The summed E-state index contributed by atoms with van der Waals surface area (Å²) in [7, 11) is 1.53. The first-order valence-electron chi connectivity index (χ1n) is 7.25. The summed E-state index contributed by atoms with van der Waals surface area (Å²) in [5, 5.41) is 0. The van der Waals surface area contributed by atoms with Crippen LogP contribution in [0.4, 0.5) is 18.0 Å². The van der Waals surface area contributed by atoms with E-state index < -0.39 is 30.8 Å². The molecule has 0 radical (unpaired) electrons. The first-order chi connectivity index (χ1) is 10.3. The summed E-state index contributed by atoms with van der Waals surface area (Å²) in [6.45, 7) is -0.308. The number of rotatable bonds is 3. The van der Waals surface area contributed by atoms with Crippen LogP contribution in [0.3, 0.4) is 0 Å². The number of likely N-dealkylation sites (tertiary alicyclic amines) is 1. The third kappa shape index (κ3) is 2.67. The summed E-state index contributed by atoms with van der Waals surface area (Å²) >= 11 is 0. The zero-order valence-electron chi connectivity index (χ0n) is 12.2. The Morgan fingerprint density at radius 3 is 2.59 bits per heavy atom. The van der Waals surface area contributed by atoms with Crippen molar-refractivity contribution in [2.75, 3.05) is 33.3 Å². The summed E-state index contributed by atoms with van der Waals surface area (Å²) in [6.07, 6.45) is -3.57. The van der Waals surface area contributed by atoms with E-state index in [4.69, 9.17) is 4.74 Å². The van der Waals surface area contributed by atoms with Crippen LogP contribution in [0.15, 0.2) is 0 Å². The van der Waals surface area contributed by atoms with E-state index in [1.165, 1.54) is 16.9 Å². The molecule has 3 aliphatic rings. The fourth-order valence-electron chi connectivity index (χ4n) is 3.56. The maximum Gasteiger partial charge on any atom is 0.401 e. The number of hydrogen-bond acceptors (Lipinski definition) is 4. The van der Waals surface area contributed by atoms with Gasteiger partial charge in [0.1, 0.15) is 6.04 Å². The SMILES string of the molecule is CO[C@@H]1C[C@@H]2C(=O)N([C@H]3CCN(CC(F)(F)F)C3)C(=O)N2C1. The molecule has 0 N–H and O–H groups in total. The second kappa shape index (κ2) is 5.38. The van der Waals surface area contributed by atoms with Gasteiger partial charge in [-0.15, -0.1) is 0 Å². The van der Waals surface area contributed by atoms with Crippen molar-refractivity contribution in [2.24, 2.45) is 0 Å². The molecule has 0 bridgehead atoms. The molecule has 3 rings (SSSR count). The Kier molecular flexibility index (Phi) is 3.80. The molecule has 3 heterocycles. The molecular formula is C13H18F3N3O3. The lowest BCUT2D eigenvalue weighted by Crippen LogP contribution is -2.44. The van der Waals surface area contributed by atoms with Gasteiger partial charge >= 0.3 is 12.2 Å². The first-order valence-corrected chi connectivity index (χ1v) is 7.25. The number of amides is 3. The van der Waals surface area contributed by atoms with Gasteiger partial charge in [-0.2, -0.15) is 13.2 Å². The number of methoxy groups -OCH3 is 1. The zero-order chi connectivity index (χ0) is 16.1. The third-order valence-electron chi connectivity index (χ3n) is 4.59. The van der Waals surface area contributed by atoms with Crippen LogP contribution in [0.25, 0.3) is 0 Å². The normalized spacial score (nSPS) is 33.2. The summed E-state index contributed by atoms with van der Waals surface area (Å²) in [5.74, 6) is -0.302. The first kappa shape index (κ1) is 15.5. The largest absolute Gasteiger partial charge is 0.401 e. The van der Waals surface area contributed by atoms with Gasteiger partial charge in [-0.05, 0) is 6.42 Å². The minimum absolute atomic E-state index is 0.0885. The number of imide groups is 1. The van der Waals surface area contributed by atoms with Gasteiger partial charge in [0.15, 0.2) is 0 Å². The fraction of sp³-hybridized carbons (Fsp3) is 0.846. The van der Waals surface area contributed by atoms with Crippen molar-refractivity contribution in [3.8, 4) is 0 Å². The number of urea groups is 1. The van der Waals surface area contributed by atoms with Crippen LogP contribution in [-0.4, -0.2) is 84.3 Å². The van der Waals surface area contributed by atoms with Crippen LogP contribution < -0.4 is 0 Å². The smallest absolute Gasteiger partial charge is 0.380 e. The summed E-state index contributed by atoms with van der Waals surface area (Å²) in [4.78, 5) is 28.7. The van der Waals surface area contributed by atoms with Gasteiger partial charge in [-0.3, -0.25) is 14.6 Å². The predicted molar refractivity (Wildman–Crippen MR) is 69.1 cm³/mol. The standard InChI is InChI=1S/C13H18F3N3O3/c1-22-9-4-10-11(20)19(12(21)18(10)6-9)8-2-3-17(5-8)7-13(14,15)16/h8-10H,2-7H2,1H3/t8-,9+,10+/m0/s1. The monoisotopic (exact) mass is 321 g/mol. The Balaban J connectivity index is 1.65. The van der Waals surface area contributed by atoms with E-state index in [1.807, 2.05) is 0 Å². The molecule has 124 valence electrons. The Bertz CT molecular complexity index is 461. The van der Waals surface area contributed by atoms with Gasteiger partial charge in [-0.25, -0.2) is 4.79 Å². The summed E-state index contributed by atoms with van der Waals surface area (Å²) < 4.78 is 42.5. The maximum atomic E-state index is 12.4. The van der Waals surface area contributed by atoms with Crippen LogP contribution in [-0.2, 0) is 9.53 Å². The highest BCUT2D eigenvalue weighted by molar-refractivity contribution is 6.05. The molecule has 9 heteroatoms. The zero-order valence-corrected chi connectivity index (χ0v) is 12.2. The lowest BCUT2D eigenvalue weighted by Gasteiger charge is -2.24. The van der Waals surface area contributed by atoms with E-state index in [0.717, 1.165) is 4.90 Å². The van der Waals surface area contributed by atoms with Crippen molar-refractivity contribution in [2.45, 2.75) is 37.2 Å². The fourth-order valence-corrected chi connectivity index (χ4v) is 3.56. The van der Waals surface area contributed by atoms with Crippen molar-refractivity contribution in [3.05, 3.63) is 0 Å². The highest BCUT2D eigenvalue weighted by atomic mass is 19.4. The average molecular weight is 321 g/mol. The number of alkyl halides is 3. The Morgan fingerprint density at radius 2 is 2.00 bits per heavy atom. The number of carbonyl (C=O) groups excluding carboxylic acids is 2. The third-order valence-corrected chi connectivity index (χ3v) is 4.59.